The predicted molar refractivity (Wildman–Crippen MR) is 46.9 cm³/mol. The number of primary amides is 1. The van der Waals surface area contributed by atoms with Crippen LogP contribution in [0.5, 0.6) is 0 Å². The van der Waals surface area contributed by atoms with E-state index in [4.69, 9.17) is 5.73 Å². The number of hydrogen-bond donors (Lipinski definition) is 2. The molecule has 2 nitrogen and oxygen atoms in total. The maximum atomic E-state index is 10.7. The van der Waals surface area contributed by atoms with Gasteiger partial charge in [-0.2, -0.15) is 0 Å². The third kappa shape index (κ3) is 1.54. The Balaban J connectivity index is 3.27. The molecule has 0 aromatic heterocycles. The minimum atomic E-state index is -0.432. The molecule has 0 saturated carbocycles. The van der Waals surface area contributed by atoms with E-state index in [9.17, 15) is 4.79 Å². The van der Waals surface area contributed by atoms with Gasteiger partial charge in [-0.15, -0.1) is 12.6 Å². The summed E-state index contributed by atoms with van der Waals surface area (Å²) in [7, 11) is 0. The fraction of sp³-hybridized carbons (Fsp3) is 0.125. The van der Waals surface area contributed by atoms with Crippen molar-refractivity contribution in [3.05, 3.63) is 29.3 Å². The second kappa shape index (κ2) is 2.96. The molecule has 1 rings (SSSR count). The standard InChI is InChI=1S/C8H9NOS/c1-5-3-2-4-6(7(5)11)8(9)10/h2-4,11H,1H3,(H2,9,10). The van der Waals surface area contributed by atoms with Crippen LogP contribution in [0.4, 0.5) is 0 Å². The third-order valence-corrected chi connectivity index (χ3v) is 2.10. The van der Waals surface area contributed by atoms with Crippen LogP contribution < -0.4 is 5.73 Å². The van der Waals surface area contributed by atoms with Gasteiger partial charge in [-0.1, -0.05) is 12.1 Å². The van der Waals surface area contributed by atoms with Gasteiger partial charge >= 0.3 is 0 Å². The van der Waals surface area contributed by atoms with Crippen LogP contribution in [0.15, 0.2) is 23.1 Å². The van der Waals surface area contributed by atoms with E-state index in [2.05, 4.69) is 12.6 Å². The van der Waals surface area contributed by atoms with E-state index in [1.54, 1.807) is 12.1 Å². The van der Waals surface area contributed by atoms with Crippen molar-refractivity contribution in [3.63, 3.8) is 0 Å². The van der Waals surface area contributed by atoms with Crippen LogP contribution in [0.3, 0.4) is 0 Å². The fourth-order valence-electron chi connectivity index (χ4n) is 0.858. The Bertz CT molecular complexity index is 296. The minimum Gasteiger partial charge on any atom is -0.366 e. The largest absolute Gasteiger partial charge is 0.366 e. The zero-order valence-corrected chi connectivity index (χ0v) is 7.06. The second-order valence-corrected chi connectivity index (χ2v) is 2.78. The van der Waals surface area contributed by atoms with Crippen molar-refractivity contribution in [2.24, 2.45) is 5.73 Å². The Labute approximate surface area is 70.8 Å². The fourth-order valence-corrected chi connectivity index (χ4v) is 1.12. The lowest BCUT2D eigenvalue weighted by molar-refractivity contribution is 0.0997. The molecule has 0 radical (unpaired) electrons. The Morgan fingerprint density at radius 2 is 2.18 bits per heavy atom. The lowest BCUT2D eigenvalue weighted by Crippen LogP contribution is -2.11. The highest BCUT2D eigenvalue weighted by molar-refractivity contribution is 7.80. The highest BCUT2D eigenvalue weighted by atomic mass is 32.1. The molecule has 0 spiro atoms. The third-order valence-electron chi connectivity index (χ3n) is 1.50. The van der Waals surface area contributed by atoms with Crippen molar-refractivity contribution in [3.8, 4) is 0 Å². The van der Waals surface area contributed by atoms with Gasteiger partial charge < -0.3 is 5.73 Å². The van der Waals surface area contributed by atoms with E-state index in [0.29, 0.717) is 10.5 Å². The smallest absolute Gasteiger partial charge is 0.249 e. The average Bonchev–Trinajstić information content (AvgIpc) is 1.94. The van der Waals surface area contributed by atoms with Crippen molar-refractivity contribution in [2.45, 2.75) is 11.8 Å². The monoisotopic (exact) mass is 167 g/mol. The molecule has 58 valence electrons. The molecule has 2 N–H and O–H groups in total. The van der Waals surface area contributed by atoms with Crippen LogP contribution in [0.25, 0.3) is 0 Å². The molecule has 0 aliphatic heterocycles. The van der Waals surface area contributed by atoms with E-state index in [0.717, 1.165) is 5.56 Å². The number of carbonyl (C=O) groups is 1. The number of benzene rings is 1. The summed E-state index contributed by atoms with van der Waals surface area (Å²) in [4.78, 5) is 11.4. The normalized spacial score (nSPS) is 9.64. The molecule has 0 aliphatic carbocycles. The molecule has 0 bridgehead atoms. The zero-order chi connectivity index (χ0) is 8.43. The summed E-state index contributed by atoms with van der Waals surface area (Å²) in [5.74, 6) is -0.432. The maximum absolute atomic E-state index is 10.7. The average molecular weight is 167 g/mol. The molecule has 1 aromatic carbocycles. The van der Waals surface area contributed by atoms with Gasteiger partial charge in [0.05, 0.1) is 5.56 Å². The zero-order valence-electron chi connectivity index (χ0n) is 6.16. The molecular weight excluding hydrogens is 158 g/mol. The number of nitrogens with two attached hydrogens (primary N) is 1. The quantitative estimate of drug-likeness (QED) is 0.610. The molecule has 3 heteroatoms. The van der Waals surface area contributed by atoms with Gasteiger partial charge in [-0.05, 0) is 18.6 Å². The Hall–Kier alpha value is -0.960. The SMILES string of the molecule is Cc1cccc(C(N)=O)c1S. The highest BCUT2D eigenvalue weighted by Crippen LogP contribution is 2.17. The molecule has 0 unspecified atom stereocenters. The summed E-state index contributed by atoms with van der Waals surface area (Å²) in [5.41, 5.74) is 6.54. The molecule has 0 fully saturated rings. The molecule has 0 heterocycles. The van der Waals surface area contributed by atoms with Crippen molar-refractivity contribution in [2.75, 3.05) is 0 Å². The molecule has 1 amide bonds. The summed E-state index contributed by atoms with van der Waals surface area (Å²) in [6, 6.07) is 5.33. The summed E-state index contributed by atoms with van der Waals surface area (Å²) >= 11 is 4.15. The first-order valence-corrected chi connectivity index (χ1v) is 3.66. The van der Waals surface area contributed by atoms with Crippen LogP contribution in [0.2, 0.25) is 0 Å². The van der Waals surface area contributed by atoms with Crippen LogP contribution in [0.1, 0.15) is 15.9 Å². The molecule has 0 aliphatic rings. The summed E-state index contributed by atoms with van der Waals surface area (Å²) in [6.07, 6.45) is 0. The summed E-state index contributed by atoms with van der Waals surface area (Å²) < 4.78 is 0. The Morgan fingerprint density at radius 3 is 2.64 bits per heavy atom. The number of thiol groups is 1. The minimum absolute atomic E-state index is 0.432. The van der Waals surface area contributed by atoms with Crippen molar-refractivity contribution in [1.82, 2.24) is 0 Å². The van der Waals surface area contributed by atoms with Gasteiger partial charge in [-0.25, -0.2) is 0 Å². The van der Waals surface area contributed by atoms with E-state index < -0.39 is 5.91 Å². The first kappa shape index (κ1) is 8.14. The lowest BCUT2D eigenvalue weighted by Gasteiger charge is -2.02. The first-order chi connectivity index (χ1) is 5.13. The molecule has 11 heavy (non-hydrogen) atoms. The molecular formula is C8H9NOS. The van der Waals surface area contributed by atoms with Gasteiger partial charge in [0.15, 0.2) is 0 Å². The lowest BCUT2D eigenvalue weighted by atomic mass is 10.1. The number of carbonyl (C=O) groups excluding carboxylic acids is 1. The van der Waals surface area contributed by atoms with Crippen LogP contribution in [-0.4, -0.2) is 5.91 Å². The van der Waals surface area contributed by atoms with E-state index in [1.165, 1.54) is 0 Å². The maximum Gasteiger partial charge on any atom is 0.249 e. The topological polar surface area (TPSA) is 43.1 Å². The van der Waals surface area contributed by atoms with Crippen LogP contribution >= 0.6 is 12.6 Å². The first-order valence-electron chi connectivity index (χ1n) is 3.21. The van der Waals surface area contributed by atoms with Crippen LogP contribution in [0, 0.1) is 6.92 Å². The highest BCUT2D eigenvalue weighted by Gasteiger charge is 2.05. The predicted octanol–water partition coefficient (Wildman–Crippen LogP) is 1.38. The molecule has 1 aromatic rings. The number of amides is 1. The van der Waals surface area contributed by atoms with Crippen molar-refractivity contribution < 1.29 is 4.79 Å². The summed E-state index contributed by atoms with van der Waals surface area (Å²) in [6.45, 7) is 1.88. The summed E-state index contributed by atoms with van der Waals surface area (Å²) in [5, 5.41) is 0. The van der Waals surface area contributed by atoms with Gasteiger partial charge in [0, 0.05) is 4.90 Å². The Kier molecular flexibility index (Phi) is 2.19. The van der Waals surface area contributed by atoms with Crippen molar-refractivity contribution in [1.29, 1.82) is 0 Å². The van der Waals surface area contributed by atoms with Gasteiger partial charge in [0.25, 0.3) is 0 Å². The number of rotatable bonds is 1. The number of aryl methyl sites for hydroxylation is 1. The van der Waals surface area contributed by atoms with Crippen molar-refractivity contribution >= 4 is 18.5 Å². The van der Waals surface area contributed by atoms with E-state index in [-0.39, 0.29) is 0 Å². The Morgan fingerprint density at radius 1 is 1.55 bits per heavy atom. The van der Waals surface area contributed by atoms with Gasteiger partial charge in [0.2, 0.25) is 5.91 Å². The van der Waals surface area contributed by atoms with Gasteiger partial charge in [0.1, 0.15) is 0 Å². The van der Waals surface area contributed by atoms with Crippen LogP contribution in [-0.2, 0) is 0 Å². The van der Waals surface area contributed by atoms with E-state index in [1.807, 2.05) is 13.0 Å². The molecule has 0 atom stereocenters. The van der Waals surface area contributed by atoms with E-state index >= 15 is 0 Å². The second-order valence-electron chi connectivity index (χ2n) is 2.34. The number of hydrogen-bond acceptors (Lipinski definition) is 2. The molecule has 0 saturated heterocycles. The van der Waals surface area contributed by atoms with Gasteiger partial charge in [-0.3, -0.25) is 4.79 Å².